The largest absolute Gasteiger partial charge is 0.487 e. The first-order chi connectivity index (χ1) is 14.2. The Morgan fingerprint density at radius 3 is 2.59 bits per heavy atom. The van der Waals surface area contributed by atoms with Crippen molar-refractivity contribution < 1.29 is 14.4 Å². The number of nitrogens with zero attached hydrogens (tertiary/aromatic N) is 1. The highest BCUT2D eigenvalue weighted by molar-refractivity contribution is 5.84. The van der Waals surface area contributed by atoms with Crippen LogP contribution in [0.1, 0.15) is 60.8 Å². The maximum absolute atomic E-state index is 9.62. The highest BCUT2D eigenvalue weighted by Crippen LogP contribution is 2.43. The molecule has 4 nitrogen and oxygen atoms in total. The third-order valence-electron chi connectivity index (χ3n) is 6.74. The normalized spacial score (nSPS) is 18.6. The molecule has 0 amide bonds. The maximum Gasteiger partial charge on any atom is 0.259 e. The smallest absolute Gasteiger partial charge is 0.259 e. The molecule has 2 aromatic carbocycles. The number of hydrogen-bond acceptors (Lipinski definition) is 4. The Hall–Kier alpha value is -2.75. The predicted molar refractivity (Wildman–Crippen MR) is 112 cm³/mol. The second kappa shape index (κ2) is 7.25. The fourth-order valence-corrected chi connectivity index (χ4v) is 5.05. The van der Waals surface area contributed by atoms with Crippen molar-refractivity contribution in [2.45, 2.75) is 63.9 Å². The topological polar surface area (TPSA) is 55.0 Å². The number of benzene rings is 2. The lowest BCUT2D eigenvalue weighted by atomic mass is 9.79. The summed E-state index contributed by atoms with van der Waals surface area (Å²) in [4.78, 5) is 0. The van der Waals surface area contributed by atoms with E-state index in [0.29, 0.717) is 6.42 Å². The summed E-state index contributed by atoms with van der Waals surface area (Å²) in [5.41, 5.74) is 5.45. The van der Waals surface area contributed by atoms with Crippen LogP contribution in [0.3, 0.4) is 0 Å². The molecule has 1 aromatic heterocycles. The molecule has 2 aliphatic rings. The van der Waals surface area contributed by atoms with Crippen LogP contribution >= 0.6 is 0 Å². The van der Waals surface area contributed by atoms with Crippen molar-refractivity contribution in [2.75, 3.05) is 0 Å². The standard InChI is InChI=1S/C25H27NO3/c1-17-20-15-19-10-13-25(11-6-3-7-12-25)29-22(19)16-23(20)28-24(26-27)21(17)14-18-8-4-2-5-9-18/h2,4-5,8-9,15-16,27H,3,6-7,10-14H2,1H3. The van der Waals surface area contributed by atoms with E-state index in [9.17, 15) is 5.21 Å². The summed E-state index contributed by atoms with van der Waals surface area (Å²) in [6.45, 7) is 2.09. The van der Waals surface area contributed by atoms with E-state index in [1.807, 2.05) is 24.3 Å². The Morgan fingerprint density at radius 1 is 1.03 bits per heavy atom. The van der Waals surface area contributed by atoms with Gasteiger partial charge in [0.05, 0.1) is 0 Å². The average Bonchev–Trinajstić information content (AvgIpc) is 2.76. The Bertz CT molecular complexity index is 1110. The number of rotatable bonds is 2. The molecule has 2 heterocycles. The zero-order valence-electron chi connectivity index (χ0n) is 16.9. The molecule has 4 heteroatoms. The Morgan fingerprint density at radius 2 is 1.83 bits per heavy atom. The minimum atomic E-state index is 0.00536. The quantitative estimate of drug-likeness (QED) is 0.455. The molecular weight excluding hydrogens is 362 g/mol. The van der Waals surface area contributed by atoms with E-state index in [2.05, 4.69) is 30.3 Å². The maximum atomic E-state index is 9.62. The van der Waals surface area contributed by atoms with Crippen LogP contribution in [0.25, 0.3) is 11.0 Å². The first kappa shape index (κ1) is 18.3. The van der Waals surface area contributed by atoms with Crippen molar-refractivity contribution >= 4 is 11.0 Å². The molecule has 150 valence electrons. The summed E-state index contributed by atoms with van der Waals surface area (Å²) >= 11 is 0. The monoisotopic (exact) mass is 389 g/mol. The average molecular weight is 389 g/mol. The van der Waals surface area contributed by atoms with Gasteiger partial charge in [0.1, 0.15) is 16.9 Å². The van der Waals surface area contributed by atoms with Gasteiger partial charge >= 0.3 is 0 Å². The first-order valence-corrected chi connectivity index (χ1v) is 10.7. The van der Waals surface area contributed by atoms with Crippen molar-refractivity contribution in [3.63, 3.8) is 0 Å². The highest BCUT2D eigenvalue weighted by Gasteiger charge is 2.37. The van der Waals surface area contributed by atoms with Crippen LogP contribution in [0.4, 0.5) is 0 Å². The van der Waals surface area contributed by atoms with Gasteiger partial charge in [-0.25, -0.2) is 0 Å². The third-order valence-corrected chi connectivity index (χ3v) is 6.74. The number of hydrogen-bond donors (Lipinski definition) is 1. The van der Waals surface area contributed by atoms with Gasteiger partial charge in [-0.05, 0) is 73.4 Å². The van der Waals surface area contributed by atoms with E-state index in [0.717, 1.165) is 59.1 Å². The molecule has 3 aromatic rings. The summed E-state index contributed by atoms with van der Waals surface area (Å²) in [5.74, 6) is 0.938. The fourth-order valence-electron chi connectivity index (χ4n) is 5.05. The molecule has 29 heavy (non-hydrogen) atoms. The van der Waals surface area contributed by atoms with E-state index >= 15 is 0 Å². The van der Waals surface area contributed by atoms with E-state index < -0.39 is 0 Å². The van der Waals surface area contributed by atoms with Gasteiger partial charge in [-0.2, -0.15) is 0 Å². The van der Waals surface area contributed by atoms with E-state index in [4.69, 9.17) is 9.15 Å². The van der Waals surface area contributed by atoms with Crippen LogP contribution in [-0.4, -0.2) is 10.8 Å². The van der Waals surface area contributed by atoms with Gasteiger partial charge in [-0.1, -0.05) is 36.8 Å². The minimum absolute atomic E-state index is 0.00536. The molecule has 1 spiro atoms. The van der Waals surface area contributed by atoms with Gasteiger partial charge in [0.2, 0.25) is 0 Å². The molecule has 1 saturated carbocycles. The van der Waals surface area contributed by atoms with Gasteiger partial charge in [0, 0.05) is 23.4 Å². The molecule has 5 rings (SSSR count). The second-order valence-corrected chi connectivity index (χ2v) is 8.57. The SMILES string of the molecule is Cc1c(Cc2ccccc2)c(=NO)oc2cc3c(cc12)CCC1(CCCCC1)O3. The predicted octanol–water partition coefficient (Wildman–Crippen LogP) is 5.65. The van der Waals surface area contributed by atoms with Gasteiger partial charge in [0.15, 0.2) is 0 Å². The van der Waals surface area contributed by atoms with Gasteiger partial charge in [-0.15, -0.1) is 0 Å². The summed E-state index contributed by atoms with van der Waals surface area (Å²) in [6, 6.07) is 14.4. The molecule has 1 aliphatic heterocycles. The third kappa shape index (κ3) is 3.31. The van der Waals surface area contributed by atoms with Crippen molar-refractivity contribution in [2.24, 2.45) is 5.16 Å². The molecule has 0 unspecified atom stereocenters. The van der Waals surface area contributed by atoms with Gasteiger partial charge in [-0.3, -0.25) is 0 Å². The van der Waals surface area contributed by atoms with E-state index in [1.165, 1.54) is 24.8 Å². The molecule has 1 N–H and O–H groups in total. The molecule has 0 atom stereocenters. The van der Waals surface area contributed by atoms with Crippen LogP contribution in [0, 0.1) is 6.92 Å². The van der Waals surface area contributed by atoms with Crippen molar-refractivity contribution in [3.05, 3.63) is 70.3 Å². The summed E-state index contributed by atoms with van der Waals surface area (Å²) in [7, 11) is 0. The fraction of sp³-hybridized carbons (Fsp3) is 0.400. The van der Waals surface area contributed by atoms with Crippen molar-refractivity contribution in [1.82, 2.24) is 0 Å². The van der Waals surface area contributed by atoms with Gasteiger partial charge in [0.25, 0.3) is 5.55 Å². The summed E-state index contributed by atoms with van der Waals surface area (Å²) in [5, 5.41) is 14.2. The molecular formula is C25H27NO3. The van der Waals surface area contributed by atoms with Crippen LogP contribution < -0.4 is 10.3 Å². The number of aryl methyl sites for hydroxylation is 2. The molecule has 1 aliphatic carbocycles. The van der Waals surface area contributed by atoms with Crippen LogP contribution in [-0.2, 0) is 12.8 Å². The van der Waals surface area contributed by atoms with E-state index in [-0.39, 0.29) is 11.2 Å². The minimum Gasteiger partial charge on any atom is -0.487 e. The molecule has 0 radical (unpaired) electrons. The number of ether oxygens (including phenoxy) is 1. The Labute approximate surface area is 170 Å². The van der Waals surface area contributed by atoms with Crippen LogP contribution in [0.2, 0.25) is 0 Å². The Kier molecular flexibility index (Phi) is 4.57. The lowest BCUT2D eigenvalue weighted by Gasteiger charge is -2.41. The Balaban J connectivity index is 1.59. The van der Waals surface area contributed by atoms with Crippen LogP contribution in [0.5, 0.6) is 5.75 Å². The van der Waals surface area contributed by atoms with E-state index in [1.54, 1.807) is 0 Å². The molecule has 1 fully saturated rings. The zero-order valence-corrected chi connectivity index (χ0v) is 16.9. The number of fused-ring (bicyclic) bond motifs is 2. The summed E-state index contributed by atoms with van der Waals surface area (Å²) in [6.07, 6.45) is 8.93. The zero-order chi connectivity index (χ0) is 19.8. The molecule has 0 saturated heterocycles. The highest BCUT2D eigenvalue weighted by atomic mass is 16.5. The second-order valence-electron chi connectivity index (χ2n) is 8.57. The summed E-state index contributed by atoms with van der Waals surface area (Å²) < 4.78 is 12.6. The van der Waals surface area contributed by atoms with Crippen molar-refractivity contribution in [3.8, 4) is 5.75 Å². The van der Waals surface area contributed by atoms with Crippen molar-refractivity contribution in [1.29, 1.82) is 0 Å². The lowest BCUT2D eigenvalue weighted by Crippen LogP contribution is -2.41. The molecule has 0 bridgehead atoms. The van der Waals surface area contributed by atoms with Gasteiger partial charge < -0.3 is 14.4 Å². The first-order valence-electron chi connectivity index (χ1n) is 10.7. The lowest BCUT2D eigenvalue weighted by molar-refractivity contribution is 0.0109. The van der Waals surface area contributed by atoms with Crippen LogP contribution in [0.15, 0.2) is 52.0 Å².